The lowest BCUT2D eigenvalue weighted by atomic mass is 10.0. The lowest BCUT2D eigenvalue weighted by molar-refractivity contribution is 0.00307. The van der Waals surface area contributed by atoms with Crippen molar-refractivity contribution in [3.8, 4) is 0 Å². The van der Waals surface area contributed by atoms with Gasteiger partial charge in [-0.15, -0.1) is 0 Å². The zero-order valence-corrected chi connectivity index (χ0v) is 19.7. The Morgan fingerprint density at radius 2 is 1.00 bits per heavy atom. The standard InChI is InChI=1S/C23H46O5S/c1-2-3-4-5-6-7-8-9-10-11-12-13-14-23(29)28-22-21-27-20-19-26-18-17-25-16-15-24/h24H,2-22H2,1H3. The summed E-state index contributed by atoms with van der Waals surface area (Å²) in [4.78, 5) is 0. The van der Waals surface area contributed by atoms with Crippen LogP contribution in [0.25, 0.3) is 0 Å². The second-order valence-electron chi connectivity index (χ2n) is 7.42. The fourth-order valence-electron chi connectivity index (χ4n) is 3.00. The van der Waals surface area contributed by atoms with Crippen LogP contribution >= 0.6 is 12.2 Å². The Morgan fingerprint density at radius 3 is 1.48 bits per heavy atom. The Labute approximate surface area is 184 Å². The van der Waals surface area contributed by atoms with Crippen LogP contribution in [0.3, 0.4) is 0 Å². The second-order valence-corrected chi connectivity index (χ2v) is 7.88. The number of aliphatic hydroxyl groups is 1. The molecule has 29 heavy (non-hydrogen) atoms. The molecule has 5 nitrogen and oxygen atoms in total. The topological polar surface area (TPSA) is 57.2 Å². The summed E-state index contributed by atoms with van der Waals surface area (Å²) < 4.78 is 21.4. The Bertz CT molecular complexity index is 328. The normalized spacial score (nSPS) is 11.1. The summed E-state index contributed by atoms with van der Waals surface area (Å²) in [6, 6.07) is 0. The van der Waals surface area contributed by atoms with E-state index in [0.717, 1.165) is 12.8 Å². The minimum Gasteiger partial charge on any atom is -0.485 e. The smallest absolute Gasteiger partial charge is 0.159 e. The SMILES string of the molecule is CCCCCCCCCCCCCCC(=S)OCCOCCOCCOCCO. The molecule has 0 heterocycles. The molecular weight excluding hydrogens is 388 g/mol. The van der Waals surface area contributed by atoms with E-state index in [4.69, 9.17) is 36.3 Å². The zero-order chi connectivity index (χ0) is 21.3. The molecule has 0 amide bonds. The van der Waals surface area contributed by atoms with Gasteiger partial charge in [-0.2, -0.15) is 0 Å². The molecule has 174 valence electrons. The summed E-state index contributed by atoms with van der Waals surface area (Å²) in [5.74, 6) is 0. The molecule has 0 unspecified atom stereocenters. The van der Waals surface area contributed by atoms with E-state index in [9.17, 15) is 0 Å². The van der Waals surface area contributed by atoms with Crippen LogP contribution in [0.4, 0.5) is 0 Å². The van der Waals surface area contributed by atoms with Gasteiger partial charge in [0.1, 0.15) is 6.61 Å². The summed E-state index contributed by atoms with van der Waals surface area (Å²) >= 11 is 5.27. The van der Waals surface area contributed by atoms with Gasteiger partial charge in [0.05, 0.1) is 46.2 Å². The van der Waals surface area contributed by atoms with E-state index in [1.54, 1.807) is 0 Å². The molecule has 1 N–H and O–H groups in total. The number of hydrogen-bond donors (Lipinski definition) is 1. The van der Waals surface area contributed by atoms with Crippen LogP contribution < -0.4 is 0 Å². The van der Waals surface area contributed by atoms with Crippen LogP contribution in [0.15, 0.2) is 0 Å². The maximum absolute atomic E-state index is 8.56. The minimum absolute atomic E-state index is 0.0459. The van der Waals surface area contributed by atoms with Gasteiger partial charge in [0, 0.05) is 6.42 Å². The quantitative estimate of drug-likeness (QED) is 0.161. The maximum atomic E-state index is 8.56. The lowest BCUT2D eigenvalue weighted by Gasteiger charge is -2.09. The number of ether oxygens (including phenoxy) is 4. The first-order chi connectivity index (χ1) is 14.3. The summed E-state index contributed by atoms with van der Waals surface area (Å²) in [5, 5.41) is 9.26. The molecule has 0 fully saturated rings. The third-order valence-electron chi connectivity index (χ3n) is 4.70. The summed E-state index contributed by atoms with van der Waals surface area (Å²) in [5.41, 5.74) is 0. The average Bonchev–Trinajstić information content (AvgIpc) is 2.72. The number of hydrogen-bond acceptors (Lipinski definition) is 6. The van der Waals surface area contributed by atoms with Crippen molar-refractivity contribution in [3.05, 3.63) is 0 Å². The van der Waals surface area contributed by atoms with Crippen molar-refractivity contribution < 1.29 is 24.1 Å². The second kappa shape index (κ2) is 25.8. The Morgan fingerprint density at radius 1 is 0.586 bits per heavy atom. The summed E-state index contributed by atoms with van der Waals surface area (Å²) in [6.45, 7) is 5.80. The maximum Gasteiger partial charge on any atom is 0.159 e. The van der Waals surface area contributed by atoms with Gasteiger partial charge in [-0.3, -0.25) is 0 Å². The number of unbranched alkanes of at least 4 members (excludes halogenated alkanes) is 11. The van der Waals surface area contributed by atoms with Gasteiger partial charge in [0.15, 0.2) is 5.05 Å². The van der Waals surface area contributed by atoms with Gasteiger partial charge < -0.3 is 24.1 Å². The van der Waals surface area contributed by atoms with Crippen molar-refractivity contribution in [2.75, 3.05) is 52.9 Å². The molecule has 6 heteroatoms. The van der Waals surface area contributed by atoms with Crippen molar-refractivity contribution in [3.63, 3.8) is 0 Å². The molecule has 0 aromatic carbocycles. The van der Waals surface area contributed by atoms with Gasteiger partial charge in [-0.05, 0) is 18.6 Å². The molecule has 0 aliphatic rings. The molecule has 0 rings (SSSR count). The highest BCUT2D eigenvalue weighted by Gasteiger charge is 1.99. The number of aliphatic hydroxyl groups excluding tert-OH is 1. The predicted molar refractivity (Wildman–Crippen MR) is 124 cm³/mol. The van der Waals surface area contributed by atoms with Crippen molar-refractivity contribution in [1.82, 2.24) is 0 Å². The molecule has 0 bridgehead atoms. The lowest BCUT2D eigenvalue weighted by Crippen LogP contribution is -2.13. The third kappa shape index (κ3) is 25.7. The van der Waals surface area contributed by atoms with E-state index in [-0.39, 0.29) is 6.61 Å². The fraction of sp³-hybridized carbons (Fsp3) is 0.957. The predicted octanol–water partition coefficient (Wildman–Crippen LogP) is 5.46. The molecule has 0 aromatic rings. The van der Waals surface area contributed by atoms with Gasteiger partial charge in [-0.1, -0.05) is 77.6 Å². The van der Waals surface area contributed by atoms with E-state index < -0.39 is 0 Å². The first kappa shape index (κ1) is 28.7. The summed E-state index contributed by atoms with van der Waals surface area (Å²) in [6.07, 6.45) is 17.1. The van der Waals surface area contributed by atoms with E-state index in [2.05, 4.69) is 6.92 Å². The van der Waals surface area contributed by atoms with E-state index in [1.165, 1.54) is 70.6 Å². The van der Waals surface area contributed by atoms with E-state index >= 15 is 0 Å². The Kier molecular flexibility index (Phi) is 25.5. The first-order valence-corrected chi connectivity index (χ1v) is 12.2. The van der Waals surface area contributed by atoms with Crippen molar-refractivity contribution in [1.29, 1.82) is 0 Å². The van der Waals surface area contributed by atoms with Crippen molar-refractivity contribution in [2.24, 2.45) is 0 Å². The first-order valence-electron chi connectivity index (χ1n) is 11.8. The summed E-state index contributed by atoms with van der Waals surface area (Å²) in [7, 11) is 0. The Balaban J connectivity index is 3.13. The van der Waals surface area contributed by atoms with Crippen LogP contribution in [-0.2, 0) is 18.9 Å². The number of rotatable bonds is 24. The Hall–Kier alpha value is -0.270. The molecular formula is C23H46O5S. The average molecular weight is 435 g/mol. The van der Waals surface area contributed by atoms with Gasteiger partial charge in [0.2, 0.25) is 0 Å². The highest BCUT2D eigenvalue weighted by molar-refractivity contribution is 7.80. The van der Waals surface area contributed by atoms with Crippen LogP contribution in [0.5, 0.6) is 0 Å². The zero-order valence-electron chi connectivity index (χ0n) is 18.8. The largest absolute Gasteiger partial charge is 0.485 e. The van der Waals surface area contributed by atoms with E-state index in [1.807, 2.05) is 0 Å². The van der Waals surface area contributed by atoms with Gasteiger partial charge >= 0.3 is 0 Å². The molecule has 0 aliphatic carbocycles. The van der Waals surface area contributed by atoms with E-state index in [0.29, 0.717) is 51.3 Å². The van der Waals surface area contributed by atoms with Crippen LogP contribution in [0, 0.1) is 0 Å². The van der Waals surface area contributed by atoms with Crippen molar-refractivity contribution >= 4 is 17.3 Å². The molecule has 0 saturated heterocycles. The molecule has 0 atom stereocenters. The third-order valence-corrected chi connectivity index (χ3v) is 5.03. The highest BCUT2D eigenvalue weighted by atomic mass is 32.1. The van der Waals surface area contributed by atoms with Crippen LogP contribution in [0.2, 0.25) is 0 Å². The molecule has 0 radical (unpaired) electrons. The van der Waals surface area contributed by atoms with Crippen LogP contribution in [0.1, 0.15) is 90.4 Å². The van der Waals surface area contributed by atoms with Gasteiger partial charge in [-0.25, -0.2) is 0 Å². The molecule has 0 aromatic heterocycles. The molecule has 0 spiro atoms. The molecule has 0 saturated carbocycles. The van der Waals surface area contributed by atoms with Crippen molar-refractivity contribution in [2.45, 2.75) is 90.4 Å². The monoisotopic (exact) mass is 434 g/mol. The molecule has 0 aliphatic heterocycles. The van der Waals surface area contributed by atoms with Crippen LogP contribution in [-0.4, -0.2) is 63.0 Å². The fourth-order valence-corrected chi connectivity index (χ4v) is 3.23. The minimum atomic E-state index is 0.0459. The number of thiocarbonyl (C=S) groups is 1. The van der Waals surface area contributed by atoms with Gasteiger partial charge in [0.25, 0.3) is 0 Å². The highest BCUT2D eigenvalue weighted by Crippen LogP contribution is 2.12.